The summed E-state index contributed by atoms with van der Waals surface area (Å²) in [5.41, 5.74) is 3.16. The second-order valence-electron chi connectivity index (χ2n) is 6.57. The number of piperidine rings is 1. The summed E-state index contributed by atoms with van der Waals surface area (Å²) in [5.74, 6) is -0.220. The normalized spacial score (nSPS) is 15.1. The molecule has 3 aromatic rings. The Labute approximate surface area is 162 Å². The van der Waals surface area contributed by atoms with E-state index in [2.05, 4.69) is 20.4 Å². The van der Waals surface area contributed by atoms with Crippen molar-refractivity contribution in [3.63, 3.8) is 0 Å². The summed E-state index contributed by atoms with van der Waals surface area (Å²) in [6.07, 6.45) is 2.45. The molecule has 0 spiro atoms. The van der Waals surface area contributed by atoms with Crippen molar-refractivity contribution in [2.24, 2.45) is 0 Å². The zero-order valence-electron chi connectivity index (χ0n) is 15.1. The van der Waals surface area contributed by atoms with Gasteiger partial charge in [0, 0.05) is 31.6 Å². The lowest BCUT2D eigenvalue weighted by atomic mass is 10.1. The molecule has 3 heterocycles. The smallest absolute Gasteiger partial charge is 0.276 e. The Kier molecular flexibility index (Phi) is 5.22. The summed E-state index contributed by atoms with van der Waals surface area (Å²) in [6, 6.07) is 13.7. The molecule has 2 N–H and O–H groups in total. The number of methoxy groups -OCH3 is 1. The van der Waals surface area contributed by atoms with Crippen LogP contribution in [0.1, 0.15) is 23.3 Å². The molecule has 1 saturated heterocycles. The van der Waals surface area contributed by atoms with Crippen molar-refractivity contribution in [3.05, 3.63) is 53.5 Å². The third kappa shape index (κ3) is 4.04. The molecule has 27 heavy (non-hydrogen) atoms. The molecule has 7 heteroatoms. The summed E-state index contributed by atoms with van der Waals surface area (Å²) in [4.78, 5) is 15.8. The summed E-state index contributed by atoms with van der Waals surface area (Å²) in [5, 5.41) is 11.9. The second kappa shape index (κ2) is 7.94. The number of benzene rings is 1. The predicted molar refractivity (Wildman–Crippen MR) is 109 cm³/mol. The molecule has 140 valence electrons. The van der Waals surface area contributed by atoms with Gasteiger partial charge in [-0.25, -0.2) is 0 Å². The molecule has 0 aliphatic carbocycles. The van der Waals surface area contributed by atoms with Crippen LogP contribution in [0, 0.1) is 0 Å². The van der Waals surface area contributed by atoms with Gasteiger partial charge in [0.05, 0.1) is 16.7 Å². The molecule has 1 aromatic carbocycles. The number of H-pyrrole nitrogens is 1. The molecule has 0 radical (unpaired) electrons. The van der Waals surface area contributed by atoms with Crippen LogP contribution in [0.3, 0.4) is 0 Å². The Hall–Kier alpha value is -2.64. The Bertz CT molecular complexity index is 881. The van der Waals surface area contributed by atoms with Gasteiger partial charge in [-0.2, -0.15) is 5.10 Å². The Morgan fingerprint density at radius 2 is 2.04 bits per heavy atom. The zero-order chi connectivity index (χ0) is 18.6. The number of anilines is 2. The fourth-order valence-electron chi connectivity index (χ4n) is 3.30. The van der Waals surface area contributed by atoms with Gasteiger partial charge >= 0.3 is 0 Å². The van der Waals surface area contributed by atoms with E-state index in [1.54, 1.807) is 24.5 Å². The molecule has 2 aromatic heterocycles. The highest BCUT2D eigenvalue weighted by molar-refractivity contribution is 7.13. The van der Waals surface area contributed by atoms with Gasteiger partial charge < -0.3 is 15.0 Å². The Balaban J connectivity index is 1.38. The van der Waals surface area contributed by atoms with Crippen LogP contribution in [0.4, 0.5) is 11.4 Å². The third-order valence-electron chi connectivity index (χ3n) is 4.86. The average molecular weight is 382 g/mol. The molecule has 0 saturated carbocycles. The fourth-order valence-corrected chi connectivity index (χ4v) is 3.99. The number of aromatic amines is 1. The van der Waals surface area contributed by atoms with Crippen LogP contribution in [-0.2, 0) is 4.74 Å². The number of thiophene rings is 1. The number of hydrogen-bond acceptors (Lipinski definition) is 5. The van der Waals surface area contributed by atoms with Gasteiger partial charge in [-0.3, -0.25) is 9.89 Å². The molecule has 1 aliphatic rings. The van der Waals surface area contributed by atoms with Gasteiger partial charge in [0.2, 0.25) is 0 Å². The minimum Gasteiger partial charge on any atom is -0.381 e. The van der Waals surface area contributed by atoms with E-state index in [1.165, 1.54) is 5.69 Å². The van der Waals surface area contributed by atoms with E-state index < -0.39 is 0 Å². The monoisotopic (exact) mass is 382 g/mol. The van der Waals surface area contributed by atoms with Crippen LogP contribution in [-0.4, -0.2) is 42.4 Å². The molecule has 0 atom stereocenters. The fraction of sp³-hybridized carbons (Fsp3) is 0.300. The number of carbonyl (C=O) groups excluding carboxylic acids is 1. The first-order valence-electron chi connectivity index (χ1n) is 9.01. The first-order valence-corrected chi connectivity index (χ1v) is 9.89. The summed E-state index contributed by atoms with van der Waals surface area (Å²) >= 11 is 1.61. The van der Waals surface area contributed by atoms with Crippen molar-refractivity contribution in [3.8, 4) is 10.6 Å². The maximum Gasteiger partial charge on any atom is 0.276 e. The lowest BCUT2D eigenvalue weighted by Gasteiger charge is -2.33. The number of carbonyl (C=O) groups is 1. The molecule has 1 fully saturated rings. The van der Waals surface area contributed by atoms with Gasteiger partial charge in [-0.05, 0) is 54.6 Å². The van der Waals surface area contributed by atoms with E-state index in [9.17, 15) is 4.79 Å². The van der Waals surface area contributed by atoms with E-state index in [0.29, 0.717) is 11.8 Å². The number of nitrogens with one attached hydrogen (secondary N) is 2. The van der Waals surface area contributed by atoms with E-state index in [1.807, 2.05) is 41.8 Å². The van der Waals surface area contributed by atoms with Gasteiger partial charge in [0.1, 0.15) is 0 Å². The van der Waals surface area contributed by atoms with Gasteiger partial charge in [-0.1, -0.05) is 6.07 Å². The number of nitrogens with zero attached hydrogens (tertiary/aromatic N) is 2. The van der Waals surface area contributed by atoms with Gasteiger partial charge in [-0.15, -0.1) is 11.3 Å². The van der Waals surface area contributed by atoms with Crippen LogP contribution in [0.5, 0.6) is 0 Å². The number of rotatable bonds is 5. The van der Waals surface area contributed by atoms with Gasteiger partial charge in [0.25, 0.3) is 5.91 Å². The van der Waals surface area contributed by atoms with Crippen LogP contribution in [0.15, 0.2) is 47.8 Å². The van der Waals surface area contributed by atoms with E-state index in [4.69, 9.17) is 4.74 Å². The number of aromatic nitrogens is 2. The summed E-state index contributed by atoms with van der Waals surface area (Å²) in [7, 11) is 1.78. The molecule has 6 nitrogen and oxygen atoms in total. The summed E-state index contributed by atoms with van der Waals surface area (Å²) in [6.45, 7) is 1.98. The molecular formula is C20H22N4O2S. The number of ether oxygens (including phenoxy) is 1. The SMILES string of the molecule is COC1CCN(c2ccc(NC(=O)c3cc(-c4cccs4)[nH]n3)cc2)CC1. The minimum absolute atomic E-state index is 0.220. The van der Waals surface area contributed by atoms with Crippen molar-refractivity contribution in [2.75, 3.05) is 30.4 Å². The van der Waals surface area contributed by atoms with E-state index in [-0.39, 0.29) is 5.91 Å². The minimum atomic E-state index is -0.220. The number of amides is 1. The Morgan fingerprint density at radius 1 is 1.26 bits per heavy atom. The Morgan fingerprint density at radius 3 is 2.70 bits per heavy atom. The molecular weight excluding hydrogens is 360 g/mol. The molecule has 1 aliphatic heterocycles. The standard InChI is InChI=1S/C20H22N4O2S/c1-26-16-8-10-24(11-9-16)15-6-4-14(5-7-15)21-20(25)18-13-17(22-23-18)19-3-2-12-27-19/h2-7,12-13,16H,8-11H2,1H3,(H,21,25)(H,22,23). The zero-order valence-corrected chi connectivity index (χ0v) is 16.0. The van der Waals surface area contributed by atoms with Crippen molar-refractivity contribution in [1.82, 2.24) is 10.2 Å². The first kappa shape index (κ1) is 17.8. The molecule has 1 amide bonds. The lowest BCUT2D eigenvalue weighted by Crippen LogP contribution is -2.36. The highest BCUT2D eigenvalue weighted by Crippen LogP contribution is 2.25. The highest BCUT2D eigenvalue weighted by atomic mass is 32.1. The number of hydrogen-bond donors (Lipinski definition) is 2. The van der Waals surface area contributed by atoms with E-state index >= 15 is 0 Å². The van der Waals surface area contributed by atoms with Crippen LogP contribution < -0.4 is 10.2 Å². The highest BCUT2D eigenvalue weighted by Gasteiger charge is 2.19. The van der Waals surface area contributed by atoms with Crippen molar-refractivity contribution >= 4 is 28.6 Å². The van der Waals surface area contributed by atoms with Gasteiger partial charge in [0.15, 0.2) is 5.69 Å². The van der Waals surface area contributed by atoms with Crippen LogP contribution in [0.2, 0.25) is 0 Å². The second-order valence-corrected chi connectivity index (χ2v) is 7.51. The summed E-state index contributed by atoms with van der Waals surface area (Å²) < 4.78 is 5.42. The van der Waals surface area contributed by atoms with Crippen LogP contribution in [0.25, 0.3) is 10.6 Å². The van der Waals surface area contributed by atoms with E-state index in [0.717, 1.165) is 42.2 Å². The molecule has 0 unspecified atom stereocenters. The maximum absolute atomic E-state index is 12.4. The molecule has 0 bridgehead atoms. The third-order valence-corrected chi connectivity index (χ3v) is 5.77. The van der Waals surface area contributed by atoms with Crippen LogP contribution >= 0.6 is 11.3 Å². The average Bonchev–Trinajstić information content (AvgIpc) is 3.40. The lowest BCUT2D eigenvalue weighted by molar-refractivity contribution is 0.0819. The van der Waals surface area contributed by atoms with Crippen molar-refractivity contribution in [2.45, 2.75) is 18.9 Å². The topological polar surface area (TPSA) is 70.2 Å². The predicted octanol–water partition coefficient (Wildman–Crippen LogP) is 4.01. The molecule has 4 rings (SSSR count). The first-order chi connectivity index (χ1) is 13.2. The largest absolute Gasteiger partial charge is 0.381 e. The quantitative estimate of drug-likeness (QED) is 0.700. The van der Waals surface area contributed by atoms with Crippen molar-refractivity contribution in [1.29, 1.82) is 0 Å². The van der Waals surface area contributed by atoms with Crippen molar-refractivity contribution < 1.29 is 9.53 Å². The maximum atomic E-state index is 12.4.